The molecule has 32 heavy (non-hydrogen) atoms. The van der Waals surface area contributed by atoms with Crippen molar-refractivity contribution in [2.75, 3.05) is 12.4 Å². The largest absolute Gasteiger partial charge is 0.497 e. The molecule has 162 valence electrons. The average molecular weight is 449 g/mol. The van der Waals surface area contributed by atoms with Gasteiger partial charge in [0.2, 0.25) is 11.8 Å². The third-order valence-corrected chi connectivity index (χ3v) is 5.61. The summed E-state index contributed by atoms with van der Waals surface area (Å²) in [6, 6.07) is 20.3. The van der Waals surface area contributed by atoms with E-state index in [1.807, 2.05) is 36.4 Å². The van der Waals surface area contributed by atoms with E-state index in [4.69, 9.17) is 9.15 Å². The van der Waals surface area contributed by atoms with E-state index < -0.39 is 5.25 Å². The smallest absolute Gasteiger partial charge is 0.240 e. The quantitative estimate of drug-likeness (QED) is 0.421. The number of benzene rings is 2. The molecular weight excluding hydrogens is 428 g/mol. The van der Waals surface area contributed by atoms with Gasteiger partial charge in [-0.2, -0.15) is 5.10 Å². The molecule has 1 aromatic heterocycles. The number of nitrogens with one attached hydrogen (secondary N) is 2. The molecule has 2 amide bonds. The molecule has 4 rings (SSSR count). The van der Waals surface area contributed by atoms with Crippen LogP contribution in [0.4, 0.5) is 5.69 Å². The van der Waals surface area contributed by atoms with E-state index in [1.165, 1.54) is 18.0 Å². The first-order valence-corrected chi connectivity index (χ1v) is 10.7. The maximum absolute atomic E-state index is 12.3. The number of nitrogens with zero attached hydrogens (tertiary/aromatic N) is 2. The van der Waals surface area contributed by atoms with Gasteiger partial charge in [0.1, 0.15) is 22.5 Å². The molecule has 1 atom stereocenters. The van der Waals surface area contributed by atoms with Crippen molar-refractivity contribution in [3.63, 3.8) is 0 Å². The molecule has 0 bridgehead atoms. The van der Waals surface area contributed by atoms with Crippen LogP contribution in [0.15, 0.2) is 81.4 Å². The third-order valence-electron chi connectivity index (χ3n) is 4.54. The lowest BCUT2D eigenvalue weighted by Gasteiger charge is -2.08. The van der Waals surface area contributed by atoms with E-state index in [0.29, 0.717) is 22.4 Å². The summed E-state index contributed by atoms with van der Waals surface area (Å²) in [5, 5.41) is 13.2. The van der Waals surface area contributed by atoms with Crippen molar-refractivity contribution in [2.24, 2.45) is 10.2 Å². The Bertz CT molecular complexity index is 1160. The summed E-state index contributed by atoms with van der Waals surface area (Å²) < 4.78 is 10.8. The van der Waals surface area contributed by atoms with Crippen molar-refractivity contribution in [2.45, 2.75) is 11.7 Å². The summed E-state index contributed by atoms with van der Waals surface area (Å²) in [5.41, 5.74) is 1.60. The van der Waals surface area contributed by atoms with Gasteiger partial charge in [-0.1, -0.05) is 42.1 Å². The molecule has 1 aliphatic heterocycles. The van der Waals surface area contributed by atoms with Crippen LogP contribution in [0.25, 0.3) is 11.3 Å². The van der Waals surface area contributed by atoms with Crippen LogP contribution < -0.4 is 15.4 Å². The van der Waals surface area contributed by atoms with Crippen LogP contribution in [0.3, 0.4) is 0 Å². The maximum Gasteiger partial charge on any atom is 0.240 e. The summed E-state index contributed by atoms with van der Waals surface area (Å²) in [4.78, 5) is 24.4. The molecule has 2 aromatic carbocycles. The number of furan rings is 1. The number of anilines is 1. The zero-order valence-electron chi connectivity index (χ0n) is 17.1. The Hall–Kier alpha value is -3.85. The van der Waals surface area contributed by atoms with Gasteiger partial charge in [-0.05, 0) is 36.4 Å². The second-order valence-corrected chi connectivity index (χ2v) is 7.99. The Morgan fingerprint density at radius 2 is 1.94 bits per heavy atom. The van der Waals surface area contributed by atoms with E-state index in [9.17, 15) is 9.59 Å². The van der Waals surface area contributed by atoms with Gasteiger partial charge in [0.15, 0.2) is 5.17 Å². The molecule has 2 heterocycles. The first kappa shape index (κ1) is 21.4. The van der Waals surface area contributed by atoms with Gasteiger partial charge in [0.05, 0.1) is 13.3 Å². The van der Waals surface area contributed by atoms with Crippen LogP contribution in [0.1, 0.15) is 12.2 Å². The molecule has 9 heteroatoms. The molecule has 2 N–H and O–H groups in total. The van der Waals surface area contributed by atoms with Crippen molar-refractivity contribution < 1.29 is 18.7 Å². The van der Waals surface area contributed by atoms with Crippen LogP contribution in [0, 0.1) is 0 Å². The summed E-state index contributed by atoms with van der Waals surface area (Å²) in [6.07, 6.45) is 1.49. The van der Waals surface area contributed by atoms with Gasteiger partial charge >= 0.3 is 0 Å². The Morgan fingerprint density at radius 3 is 2.69 bits per heavy atom. The number of amidine groups is 1. The lowest BCUT2D eigenvalue weighted by molar-refractivity contribution is -0.122. The zero-order valence-corrected chi connectivity index (χ0v) is 18.0. The highest BCUT2D eigenvalue weighted by Crippen LogP contribution is 2.24. The fourth-order valence-corrected chi connectivity index (χ4v) is 3.88. The molecule has 1 saturated heterocycles. The predicted octanol–water partition coefficient (Wildman–Crippen LogP) is 3.91. The number of methoxy groups -OCH3 is 1. The van der Waals surface area contributed by atoms with Crippen LogP contribution in [0.2, 0.25) is 0 Å². The number of rotatable bonds is 7. The summed E-state index contributed by atoms with van der Waals surface area (Å²) in [7, 11) is 1.57. The average Bonchev–Trinajstić information content (AvgIpc) is 3.41. The van der Waals surface area contributed by atoms with Crippen LogP contribution >= 0.6 is 11.8 Å². The number of carbonyl (C=O) groups excluding carboxylic acids is 2. The van der Waals surface area contributed by atoms with Gasteiger partial charge in [0, 0.05) is 17.7 Å². The van der Waals surface area contributed by atoms with Crippen LogP contribution in [-0.2, 0) is 9.59 Å². The lowest BCUT2D eigenvalue weighted by atomic mass is 10.2. The van der Waals surface area contributed by atoms with Gasteiger partial charge in [0.25, 0.3) is 0 Å². The molecule has 1 fully saturated rings. The second kappa shape index (κ2) is 9.97. The topological polar surface area (TPSA) is 105 Å². The minimum Gasteiger partial charge on any atom is -0.497 e. The Morgan fingerprint density at radius 1 is 1.16 bits per heavy atom. The number of amides is 2. The van der Waals surface area contributed by atoms with E-state index in [2.05, 4.69) is 20.8 Å². The fraction of sp³-hybridized carbons (Fsp3) is 0.130. The molecule has 0 radical (unpaired) electrons. The van der Waals surface area contributed by atoms with Crippen LogP contribution in [-0.4, -0.2) is 35.6 Å². The first-order chi connectivity index (χ1) is 15.6. The molecular formula is C23H20N4O4S. The summed E-state index contributed by atoms with van der Waals surface area (Å²) >= 11 is 1.17. The monoisotopic (exact) mass is 448 g/mol. The third kappa shape index (κ3) is 5.44. The molecule has 1 unspecified atom stereocenters. The van der Waals surface area contributed by atoms with Crippen molar-refractivity contribution in [1.29, 1.82) is 0 Å². The minimum absolute atomic E-state index is 0.0177. The highest BCUT2D eigenvalue weighted by molar-refractivity contribution is 8.15. The van der Waals surface area contributed by atoms with E-state index >= 15 is 0 Å². The number of hydrogen-bond acceptors (Lipinski definition) is 7. The van der Waals surface area contributed by atoms with Gasteiger partial charge in [-0.15, -0.1) is 5.10 Å². The highest BCUT2D eigenvalue weighted by Gasteiger charge is 2.32. The van der Waals surface area contributed by atoms with Gasteiger partial charge in [-0.25, -0.2) is 0 Å². The normalized spacial score (nSPS) is 17.0. The van der Waals surface area contributed by atoms with Crippen LogP contribution in [0.5, 0.6) is 5.75 Å². The van der Waals surface area contributed by atoms with Gasteiger partial charge < -0.3 is 19.8 Å². The summed E-state index contributed by atoms with van der Waals surface area (Å²) in [6.45, 7) is 0. The Balaban J connectivity index is 1.31. The highest BCUT2D eigenvalue weighted by atomic mass is 32.2. The SMILES string of the molecule is COc1ccc(NC(=O)CC2S/C(=N\N=C\c3ccc(-c4ccccc4)o3)NC2=O)cc1. The van der Waals surface area contributed by atoms with Gasteiger partial charge in [-0.3, -0.25) is 9.59 Å². The molecule has 3 aromatic rings. The lowest BCUT2D eigenvalue weighted by Crippen LogP contribution is -2.28. The molecule has 0 aliphatic carbocycles. The first-order valence-electron chi connectivity index (χ1n) is 9.78. The number of hydrogen-bond donors (Lipinski definition) is 2. The molecule has 8 nitrogen and oxygen atoms in total. The van der Waals surface area contributed by atoms with Crippen molar-refractivity contribution >= 4 is 40.6 Å². The number of ether oxygens (including phenoxy) is 1. The standard InChI is InChI=1S/C23H20N4O4S/c1-30-17-9-7-16(8-10-17)25-21(28)13-20-22(29)26-23(32-20)27-24-14-18-11-12-19(31-18)15-5-3-2-4-6-15/h2-12,14,20H,13H2,1H3,(H,25,28)(H,26,27,29)/b24-14+. The molecule has 1 aliphatic rings. The summed E-state index contributed by atoms with van der Waals surface area (Å²) in [5.74, 6) is 1.42. The van der Waals surface area contributed by atoms with E-state index in [0.717, 1.165) is 11.3 Å². The molecule has 0 saturated carbocycles. The van der Waals surface area contributed by atoms with Crippen molar-refractivity contribution in [3.8, 4) is 17.1 Å². The Kier molecular flexibility index (Phi) is 6.66. The van der Waals surface area contributed by atoms with Crippen molar-refractivity contribution in [3.05, 3.63) is 72.5 Å². The minimum atomic E-state index is -0.574. The van der Waals surface area contributed by atoms with Crippen molar-refractivity contribution in [1.82, 2.24) is 5.32 Å². The maximum atomic E-state index is 12.3. The fourth-order valence-electron chi connectivity index (χ4n) is 2.96. The number of thioether (sulfide) groups is 1. The Labute approximate surface area is 188 Å². The predicted molar refractivity (Wildman–Crippen MR) is 125 cm³/mol. The van der Waals surface area contributed by atoms with E-state index in [1.54, 1.807) is 37.4 Å². The molecule has 0 spiro atoms. The number of carbonyl (C=O) groups is 2. The van der Waals surface area contributed by atoms with E-state index in [-0.39, 0.29) is 18.2 Å². The zero-order chi connectivity index (χ0) is 22.3. The second-order valence-electron chi connectivity index (χ2n) is 6.79.